The van der Waals surface area contributed by atoms with E-state index in [0.29, 0.717) is 6.10 Å². The largest absolute Gasteiger partial charge is 0.492 e. The third-order valence-electron chi connectivity index (χ3n) is 4.37. The van der Waals surface area contributed by atoms with Crippen molar-refractivity contribution < 1.29 is 9.47 Å². The van der Waals surface area contributed by atoms with Gasteiger partial charge in [0.15, 0.2) is 0 Å². The average molecular weight is 290 g/mol. The van der Waals surface area contributed by atoms with Crippen LogP contribution in [0.3, 0.4) is 0 Å². The van der Waals surface area contributed by atoms with Gasteiger partial charge in [0, 0.05) is 45.9 Å². The maximum absolute atomic E-state index is 5.77. The second-order valence-electron chi connectivity index (χ2n) is 5.94. The first-order chi connectivity index (χ1) is 10.4. The van der Waals surface area contributed by atoms with E-state index in [0.717, 1.165) is 58.2 Å². The summed E-state index contributed by atoms with van der Waals surface area (Å²) in [5.41, 5.74) is 0. The van der Waals surface area contributed by atoms with Crippen LogP contribution in [0.4, 0.5) is 0 Å². The highest BCUT2D eigenvalue weighted by Gasteiger charge is 2.22. The van der Waals surface area contributed by atoms with Crippen molar-refractivity contribution in [2.24, 2.45) is 0 Å². The van der Waals surface area contributed by atoms with Crippen LogP contribution in [0.2, 0.25) is 0 Å². The van der Waals surface area contributed by atoms with Gasteiger partial charge in [0.05, 0.1) is 6.10 Å². The number of hydrogen-bond donors (Lipinski definition) is 0. The molecule has 4 nitrogen and oxygen atoms in total. The molecular formula is C17H26N2O2. The summed E-state index contributed by atoms with van der Waals surface area (Å²) in [7, 11) is 0. The van der Waals surface area contributed by atoms with E-state index < -0.39 is 0 Å². The van der Waals surface area contributed by atoms with E-state index in [1.165, 1.54) is 12.8 Å². The van der Waals surface area contributed by atoms with Gasteiger partial charge in [0.2, 0.25) is 0 Å². The number of rotatable bonds is 6. The zero-order chi connectivity index (χ0) is 14.3. The Labute approximate surface area is 127 Å². The Hall–Kier alpha value is -1.10. The van der Waals surface area contributed by atoms with Crippen LogP contribution in [-0.4, -0.2) is 68.4 Å². The van der Waals surface area contributed by atoms with Crippen LogP contribution in [0.15, 0.2) is 30.3 Å². The van der Waals surface area contributed by atoms with E-state index in [9.17, 15) is 0 Å². The second kappa shape index (κ2) is 7.78. The topological polar surface area (TPSA) is 24.9 Å². The molecule has 0 radical (unpaired) electrons. The van der Waals surface area contributed by atoms with Crippen molar-refractivity contribution in [3.63, 3.8) is 0 Å². The van der Waals surface area contributed by atoms with Crippen LogP contribution in [0, 0.1) is 0 Å². The Bertz CT molecular complexity index is 399. The summed E-state index contributed by atoms with van der Waals surface area (Å²) in [6.07, 6.45) is 2.96. The molecule has 2 aliphatic heterocycles. The van der Waals surface area contributed by atoms with E-state index in [2.05, 4.69) is 9.80 Å². The van der Waals surface area contributed by atoms with Crippen LogP contribution in [0.25, 0.3) is 0 Å². The maximum atomic E-state index is 5.77. The fraction of sp³-hybridized carbons (Fsp3) is 0.647. The summed E-state index contributed by atoms with van der Waals surface area (Å²) in [6.45, 7) is 8.47. The van der Waals surface area contributed by atoms with Gasteiger partial charge < -0.3 is 9.47 Å². The molecule has 2 heterocycles. The lowest BCUT2D eigenvalue weighted by atomic mass is 10.2. The van der Waals surface area contributed by atoms with Gasteiger partial charge in [-0.15, -0.1) is 0 Å². The van der Waals surface area contributed by atoms with E-state index in [-0.39, 0.29) is 0 Å². The highest BCUT2D eigenvalue weighted by atomic mass is 16.5. The van der Waals surface area contributed by atoms with Crippen LogP contribution in [0.5, 0.6) is 5.75 Å². The van der Waals surface area contributed by atoms with Crippen molar-refractivity contribution in [3.05, 3.63) is 30.3 Å². The van der Waals surface area contributed by atoms with E-state index in [1.807, 2.05) is 30.3 Å². The van der Waals surface area contributed by atoms with Gasteiger partial charge >= 0.3 is 0 Å². The standard InChI is InChI=1S/C17H26N2O2/c1-2-5-16(6-3-1)21-14-12-18-8-10-19(11-9-18)15-17-7-4-13-20-17/h1-3,5-6,17H,4,7-15H2. The molecule has 0 aliphatic carbocycles. The van der Waals surface area contributed by atoms with Crippen molar-refractivity contribution in [1.82, 2.24) is 9.80 Å². The highest BCUT2D eigenvalue weighted by molar-refractivity contribution is 5.20. The summed E-state index contributed by atoms with van der Waals surface area (Å²) in [6, 6.07) is 10.1. The predicted molar refractivity (Wildman–Crippen MR) is 83.8 cm³/mol. The molecule has 0 spiro atoms. The summed E-state index contributed by atoms with van der Waals surface area (Å²) >= 11 is 0. The van der Waals surface area contributed by atoms with E-state index in [1.54, 1.807) is 0 Å². The molecule has 0 saturated carbocycles. The van der Waals surface area contributed by atoms with Gasteiger partial charge in [-0.1, -0.05) is 18.2 Å². The van der Waals surface area contributed by atoms with Gasteiger partial charge in [-0.05, 0) is 25.0 Å². The molecule has 4 heteroatoms. The van der Waals surface area contributed by atoms with Crippen LogP contribution >= 0.6 is 0 Å². The molecule has 21 heavy (non-hydrogen) atoms. The fourth-order valence-electron chi connectivity index (χ4n) is 3.08. The lowest BCUT2D eigenvalue weighted by Crippen LogP contribution is -2.49. The number of hydrogen-bond acceptors (Lipinski definition) is 4. The van der Waals surface area contributed by atoms with Crippen molar-refractivity contribution >= 4 is 0 Å². The molecule has 0 amide bonds. The first kappa shape index (κ1) is 14.8. The number of piperazine rings is 1. The van der Waals surface area contributed by atoms with Crippen molar-refractivity contribution in [3.8, 4) is 5.75 Å². The van der Waals surface area contributed by atoms with E-state index in [4.69, 9.17) is 9.47 Å². The van der Waals surface area contributed by atoms with Crippen molar-refractivity contribution in [2.75, 3.05) is 52.5 Å². The molecule has 2 aliphatic rings. The Kier molecular flexibility index (Phi) is 5.49. The normalized spacial score (nSPS) is 24.3. The molecule has 1 aromatic carbocycles. The number of ether oxygens (including phenoxy) is 2. The molecule has 2 saturated heterocycles. The highest BCUT2D eigenvalue weighted by Crippen LogP contribution is 2.14. The van der Waals surface area contributed by atoms with Gasteiger partial charge in [0.1, 0.15) is 12.4 Å². The summed E-state index contributed by atoms with van der Waals surface area (Å²) < 4.78 is 11.5. The molecule has 1 unspecified atom stereocenters. The van der Waals surface area contributed by atoms with Crippen LogP contribution in [0.1, 0.15) is 12.8 Å². The lowest BCUT2D eigenvalue weighted by Gasteiger charge is -2.35. The van der Waals surface area contributed by atoms with Crippen LogP contribution in [-0.2, 0) is 4.74 Å². The van der Waals surface area contributed by atoms with Crippen molar-refractivity contribution in [1.29, 1.82) is 0 Å². The van der Waals surface area contributed by atoms with E-state index >= 15 is 0 Å². The molecule has 1 atom stereocenters. The molecule has 0 bridgehead atoms. The average Bonchev–Trinajstić information content (AvgIpc) is 3.03. The van der Waals surface area contributed by atoms with Gasteiger partial charge in [0.25, 0.3) is 0 Å². The molecule has 0 aromatic heterocycles. The Morgan fingerprint density at radius 1 is 1.05 bits per heavy atom. The molecule has 1 aromatic rings. The smallest absolute Gasteiger partial charge is 0.119 e. The Balaban J connectivity index is 1.30. The summed E-state index contributed by atoms with van der Waals surface area (Å²) in [5, 5.41) is 0. The third-order valence-corrected chi connectivity index (χ3v) is 4.37. The van der Waals surface area contributed by atoms with Crippen LogP contribution < -0.4 is 4.74 Å². The SMILES string of the molecule is c1ccc(OCCN2CCN(CC3CCCO3)CC2)cc1. The maximum Gasteiger partial charge on any atom is 0.119 e. The lowest BCUT2D eigenvalue weighted by molar-refractivity contribution is 0.0478. The predicted octanol–water partition coefficient (Wildman–Crippen LogP) is 1.86. The zero-order valence-electron chi connectivity index (χ0n) is 12.7. The Morgan fingerprint density at radius 3 is 2.52 bits per heavy atom. The zero-order valence-corrected chi connectivity index (χ0v) is 12.7. The quantitative estimate of drug-likeness (QED) is 0.798. The van der Waals surface area contributed by atoms with Gasteiger partial charge in [-0.3, -0.25) is 9.80 Å². The molecule has 3 rings (SSSR count). The van der Waals surface area contributed by atoms with Crippen molar-refractivity contribution in [2.45, 2.75) is 18.9 Å². The first-order valence-corrected chi connectivity index (χ1v) is 8.14. The molecule has 116 valence electrons. The van der Waals surface area contributed by atoms with Gasteiger partial charge in [-0.2, -0.15) is 0 Å². The summed E-state index contributed by atoms with van der Waals surface area (Å²) in [5.74, 6) is 0.967. The molecule has 2 fully saturated rings. The number of para-hydroxylation sites is 1. The first-order valence-electron chi connectivity index (χ1n) is 8.14. The monoisotopic (exact) mass is 290 g/mol. The summed E-state index contributed by atoms with van der Waals surface area (Å²) in [4.78, 5) is 5.04. The third kappa shape index (κ3) is 4.70. The number of benzene rings is 1. The fourth-order valence-corrected chi connectivity index (χ4v) is 3.08. The minimum absolute atomic E-state index is 0.484. The second-order valence-corrected chi connectivity index (χ2v) is 5.94. The molecular weight excluding hydrogens is 264 g/mol. The Morgan fingerprint density at radius 2 is 1.81 bits per heavy atom. The minimum Gasteiger partial charge on any atom is -0.492 e. The van der Waals surface area contributed by atoms with Gasteiger partial charge in [-0.25, -0.2) is 0 Å². The number of nitrogens with zero attached hydrogens (tertiary/aromatic N) is 2. The molecule has 0 N–H and O–H groups in total. The minimum atomic E-state index is 0.484.